The van der Waals surface area contributed by atoms with Crippen molar-refractivity contribution in [1.82, 2.24) is 4.98 Å². The van der Waals surface area contributed by atoms with E-state index in [0.717, 1.165) is 0 Å². The number of H-pyrrole nitrogens is 1. The first-order valence-electron chi connectivity index (χ1n) is 7.89. The quantitative estimate of drug-likeness (QED) is 0.563. The van der Waals surface area contributed by atoms with Gasteiger partial charge in [-0.05, 0) is 39.0 Å². The molecule has 0 aliphatic carbocycles. The van der Waals surface area contributed by atoms with E-state index in [9.17, 15) is 14.7 Å². The molecule has 0 fully saturated rings. The van der Waals surface area contributed by atoms with E-state index in [0.29, 0.717) is 22.2 Å². The van der Waals surface area contributed by atoms with E-state index in [1.807, 2.05) is 0 Å². The average molecular weight is 341 g/mol. The van der Waals surface area contributed by atoms with E-state index < -0.39 is 17.2 Å². The summed E-state index contributed by atoms with van der Waals surface area (Å²) in [5.41, 5.74) is -0.0658. The third-order valence-electron chi connectivity index (χ3n) is 3.68. The molecule has 0 radical (unpaired) electrons. The smallest absolute Gasteiger partial charge is 0.343 e. The largest absolute Gasteiger partial charge is 0.507 e. The lowest BCUT2D eigenvalue weighted by molar-refractivity contribution is 0.00686. The zero-order valence-corrected chi connectivity index (χ0v) is 14.3. The topological polar surface area (TPSA) is 92.5 Å². The van der Waals surface area contributed by atoms with Crippen LogP contribution < -0.4 is 5.63 Å². The fourth-order valence-electron chi connectivity index (χ4n) is 2.58. The minimum absolute atomic E-state index is 0.0284. The molecule has 0 spiro atoms. The number of nitrogens with one attached hydrogen (secondary N) is 1. The summed E-state index contributed by atoms with van der Waals surface area (Å²) < 4.78 is 10.6. The molecule has 2 heterocycles. The van der Waals surface area contributed by atoms with Crippen LogP contribution in [0.3, 0.4) is 0 Å². The van der Waals surface area contributed by atoms with Gasteiger partial charge >= 0.3 is 11.6 Å². The fraction of sp³-hybridized carbons (Fsp3) is 0.263. The van der Waals surface area contributed by atoms with Crippen LogP contribution in [-0.4, -0.2) is 21.7 Å². The van der Waals surface area contributed by atoms with Crippen molar-refractivity contribution in [2.24, 2.45) is 0 Å². The number of rotatable bonds is 3. The highest BCUT2D eigenvalue weighted by molar-refractivity contribution is 5.91. The fourth-order valence-corrected chi connectivity index (χ4v) is 2.58. The minimum atomic E-state index is -0.638. The van der Waals surface area contributed by atoms with Crippen LogP contribution in [0.4, 0.5) is 0 Å². The summed E-state index contributed by atoms with van der Waals surface area (Å²) in [6.45, 7) is 5.34. The van der Waals surface area contributed by atoms with E-state index in [-0.39, 0.29) is 17.7 Å². The van der Waals surface area contributed by atoms with Crippen molar-refractivity contribution in [3.63, 3.8) is 0 Å². The third-order valence-corrected chi connectivity index (χ3v) is 3.68. The highest BCUT2D eigenvalue weighted by Crippen LogP contribution is 2.28. The molecule has 0 bridgehead atoms. The molecule has 1 aromatic carbocycles. The van der Waals surface area contributed by atoms with Crippen LogP contribution in [0.25, 0.3) is 11.0 Å². The SMILES string of the molecule is CC(C)(C)OC(=O)c1cc[nH]c1Cc1c(O)c2ccccc2oc1=O. The lowest BCUT2D eigenvalue weighted by Gasteiger charge is -2.19. The molecular weight excluding hydrogens is 322 g/mol. The Kier molecular flexibility index (Phi) is 4.12. The molecule has 6 heteroatoms. The van der Waals surface area contributed by atoms with Crippen LogP contribution in [0.2, 0.25) is 0 Å². The second-order valence-electron chi connectivity index (χ2n) is 6.76. The maximum absolute atomic E-state index is 12.3. The third kappa shape index (κ3) is 3.42. The second kappa shape index (κ2) is 6.12. The van der Waals surface area contributed by atoms with Crippen LogP contribution in [0.5, 0.6) is 5.75 Å². The number of benzene rings is 1. The van der Waals surface area contributed by atoms with Gasteiger partial charge in [-0.3, -0.25) is 0 Å². The Labute approximate surface area is 144 Å². The molecule has 2 aromatic heterocycles. The predicted molar refractivity (Wildman–Crippen MR) is 92.9 cm³/mol. The Morgan fingerprint density at radius 2 is 1.96 bits per heavy atom. The number of ether oxygens (including phenoxy) is 1. The molecule has 3 rings (SSSR count). The molecule has 0 saturated carbocycles. The summed E-state index contributed by atoms with van der Waals surface area (Å²) in [6, 6.07) is 8.33. The van der Waals surface area contributed by atoms with Gasteiger partial charge in [-0.1, -0.05) is 12.1 Å². The van der Waals surface area contributed by atoms with Crippen molar-refractivity contribution >= 4 is 16.9 Å². The molecule has 0 saturated heterocycles. The monoisotopic (exact) mass is 341 g/mol. The summed E-state index contributed by atoms with van der Waals surface area (Å²) in [4.78, 5) is 27.5. The maximum Gasteiger partial charge on any atom is 0.343 e. The van der Waals surface area contributed by atoms with Gasteiger partial charge in [0.1, 0.15) is 16.9 Å². The normalized spacial score (nSPS) is 11.6. The lowest BCUT2D eigenvalue weighted by Crippen LogP contribution is -2.24. The van der Waals surface area contributed by atoms with Crippen LogP contribution in [0, 0.1) is 0 Å². The predicted octanol–water partition coefficient (Wildman–Crippen LogP) is 3.37. The Morgan fingerprint density at radius 1 is 1.24 bits per heavy atom. The Bertz CT molecular complexity index is 991. The summed E-state index contributed by atoms with van der Waals surface area (Å²) >= 11 is 0. The molecule has 3 aromatic rings. The number of hydrogen-bond acceptors (Lipinski definition) is 5. The van der Waals surface area contributed by atoms with Crippen molar-refractivity contribution in [2.75, 3.05) is 0 Å². The van der Waals surface area contributed by atoms with Crippen molar-refractivity contribution in [3.05, 3.63) is 63.8 Å². The molecule has 2 N–H and O–H groups in total. The van der Waals surface area contributed by atoms with Gasteiger partial charge in [-0.2, -0.15) is 0 Å². The average Bonchev–Trinajstić information content (AvgIpc) is 2.98. The molecule has 25 heavy (non-hydrogen) atoms. The van der Waals surface area contributed by atoms with E-state index in [1.54, 1.807) is 57.3 Å². The number of esters is 1. The van der Waals surface area contributed by atoms with Crippen LogP contribution in [0.1, 0.15) is 42.4 Å². The zero-order chi connectivity index (χ0) is 18.2. The first kappa shape index (κ1) is 16.8. The van der Waals surface area contributed by atoms with Crippen molar-refractivity contribution in [2.45, 2.75) is 32.8 Å². The number of hydrogen-bond donors (Lipinski definition) is 2. The van der Waals surface area contributed by atoms with Crippen molar-refractivity contribution in [3.8, 4) is 5.75 Å². The molecule has 0 aliphatic heterocycles. The number of fused-ring (bicyclic) bond motifs is 1. The molecule has 6 nitrogen and oxygen atoms in total. The van der Waals surface area contributed by atoms with E-state index >= 15 is 0 Å². The van der Waals surface area contributed by atoms with Gasteiger partial charge < -0.3 is 19.2 Å². The van der Waals surface area contributed by atoms with Gasteiger partial charge in [0, 0.05) is 18.3 Å². The highest BCUT2D eigenvalue weighted by atomic mass is 16.6. The molecule has 0 amide bonds. The standard InChI is InChI=1S/C19H19NO5/c1-19(2,3)25-18(23)11-8-9-20-14(11)10-13-16(21)12-6-4-5-7-15(12)24-17(13)22/h4-9,20-21H,10H2,1-3H3. The second-order valence-corrected chi connectivity index (χ2v) is 6.76. The first-order chi connectivity index (χ1) is 11.8. The Balaban J connectivity index is 2.00. The van der Waals surface area contributed by atoms with Gasteiger partial charge in [0.25, 0.3) is 0 Å². The van der Waals surface area contributed by atoms with Gasteiger partial charge in [-0.25, -0.2) is 9.59 Å². The number of aromatic nitrogens is 1. The van der Waals surface area contributed by atoms with Crippen LogP contribution in [-0.2, 0) is 11.2 Å². The summed E-state index contributed by atoms with van der Waals surface area (Å²) in [5, 5.41) is 10.9. The minimum Gasteiger partial charge on any atom is -0.507 e. The van der Waals surface area contributed by atoms with Crippen molar-refractivity contribution < 1.29 is 19.1 Å². The Morgan fingerprint density at radius 3 is 2.68 bits per heavy atom. The molecule has 0 unspecified atom stereocenters. The van der Waals surface area contributed by atoms with Gasteiger partial charge in [0.15, 0.2) is 0 Å². The number of para-hydroxylation sites is 1. The number of carbonyl (C=O) groups excluding carboxylic acids is 1. The summed E-state index contributed by atoms with van der Waals surface area (Å²) in [6.07, 6.45) is 1.62. The van der Waals surface area contributed by atoms with Crippen LogP contribution >= 0.6 is 0 Å². The van der Waals surface area contributed by atoms with Gasteiger partial charge in [0.2, 0.25) is 0 Å². The van der Waals surface area contributed by atoms with Gasteiger partial charge in [0.05, 0.1) is 16.5 Å². The van der Waals surface area contributed by atoms with E-state index in [2.05, 4.69) is 4.98 Å². The Hall–Kier alpha value is -3.02. The summed E-state index contributed by atoms with van der Waals surface area (Å²) in [7, 11) is 0. The molecule has 0 atom stereocenters. The first-order valence-corrected chi connectivity index (χ1v) is 7.89. The maximum atomic E-state index is 12.3. The van der Waals surface area contributed by atoms with E-state index in [1.165, 1.54) is 0 Å². The van der Waals surface area contributed by atoms with Crippen LogP contribution in [0.15, 0.2) is 45.7 Å². The van der Waals surface area contributed by atoms with Crippen molar-refractivity contribution in [1.29, 1.82) is 0 Å². The zero-order valence-electron chi connectivity index (χ0n) is 14.3. The lowest BCUT2D eigenvalue weighted by atomic mass is 10.1. The number of carbonyl (C=O) groups is 1. The van der Waals surface area contributed by atoms with Gasteiger partial charge in [-0.15, -0.1) is 0 Å². The molecule has 130 valence electrons. The summed E-state index contributed by atoms with van der Waals surface area (Å²) in [5.74, 6) is -0.634. The van der Waals surface area contributed by atoms with E-state index in [4.69, 9.17) is 9.15 Å². The number of aromatic hydroxyl groups is 1. The molecular formula is C19H19NO5. The highest BCUT2D eigenvalue weighted by Gasteiger charge is 2.23. The number of aromatic amines is 1. The molecule has 0 aliphatic rings.